The molecule has 0 bridgehead atoms. The SMILES string of the molecule is CNC(C)c1cc(C)ccc1OCc1nc(C2CC2)no1. The summed E-state index contributed by atoms with van der Waals surface area (Å²) >= 11 is 0. The molecule has 0 saturated heterocycles. The van der Waals surface area contributed by atoms with Gasteiger partial charge < -0.3 is 14.6 Å². The van der Waals surface area contributed by atoms with Gasteiger partial charge in [-0.15, -0.1) is 0 Å². The number of nitrogens with one attached hydrogen (secondary N) is 1. The van der Waals surface area contributed by atoms with E-state index >= 15 is 0 Å². The topological polar surface area (TPSA) is 60.2 Å². The third-order valence-corrected chi connectivity index (χ3v) is 3.84. The van der Waals surface area contributed by atoms with Crippen LogP contribution >= 0.6 is 0 Å². The fourth-order valence-electron chi connectivity index (χ4n) is 2.27. The molecule has 0 aliphatic heterocycles. The van der Waals surface area contributed by atoms with Crippen LogP contribution < -0.4 is 10.1 Å². The second kappa shape index (κ2) is 5.85. The molecule has 1 saturated carbocycles. The number of aromatic nitrogens is 2. The molecule has 5 heteroatoms. The quantitative estimate of drug-likeness (QED) is 0.884. The lowest BCUT2D eigenvalue weighted by molar-refractivity contribution is 0.239. The Morgan fingerprint density at radius 3 is 2.95 bits per heavy atom. The van der Waals surface area contributed by atoms with Gasteiger partial charge in [0.2, 0.25) is 0 Å². The highest BCUT2D eigenvalue weighted by atomic mass is 16.5. The van der Waals surface area contributed by atoms with Crippen molar-refractivity contribution in [2.45, 2.75) is 45.3 Å². The maximum atomic E-state index is 5.88. The first kappa shape index (κ1) is 14.1. The van der Waals surface area contributed by atoms with E-state index in [0.29, 0.717) is 18.4 Å². The molecule has 1 unspecified atom stereocenters. The third-order valence-electron chi connectivity index (χ3n) is 3.84. The number of nitrogens with zero attached hydrogens (tertiary/aromatic N) is 2. The van der Waals surface area contributed by atoms with E-state index in [4.69, 9.17) is 9.26 Å². The lowest BCUT2D eigenvalue weighted by Gasteiger charge is -2.16. The lowest BCUT2D eigenvalue weighted by Crippen LogP contribution is -2.14. The summed E-state index contributed by atoms with van der Waals surface area (Å²) in [5, 5.41) is 7.24. The van der Waals surface area contributed by atoms with Crippen molar-refractivity contribution in [1.82, 2.24) is 15.5 Å². The first-order valence-corrected chi connectivity index (χ1v) is 7.40. The van der Waals surface area contributed by atoms with Crippen LogP contribution in [0.25, 0.3) is 0 Å². The minimum atomic E-state index is 0.226. The van der Waals surface area contributed by atoms with Gasteiger partial charge in [0, 0.05) is 17.5 Å². The van der Waals surface area contributed by atoms with Crippen molar-refractivity contribution in [2.75, 3.05) is 7.05 Å². The maximum Gasteiger partial charge on any atom is 0.264 e. The molecule has 1 atom stereocenters. The van der Waals surface area contributed by atoms with Crippen molar-refractivity contribution >= 4 is 0 Å². The first-order valence-electron chi connectivity index (χ1n) is 7.40. The van der Waals surface area contributed by atoms with Crippen LogP contribution in [0.15, 0.2) is 22.7 Å². The fourth-order valence-corrected chi connectivity index (χ4v) is 2.27. The molecule has 1 aliphatic rings. The van der Waals surface area contributed by atoms with Crippen molar-refractivity contribution in [2.24, 2.45) is 0 Å². The zero-order valence-electron chi connectivity index (χ0n) is 12.7. The zero-order chi connectivity index (χ0) is 14.8. The van der Waals surface area contributed by atoms with Crippen molar-refractivity contribution in [3.8, 4) is 5.75 Å². The molecular weight excluding hydrogens is 266 g/mol. The first-order chi connectivity index (χ1) is 10.2. The van der Waals surface area contributed by atoms with Crippen LogP contribution in [0.5, 0.6) is 5.75 Å². The molecule has 3 rings (SSSR count). The molecule has 0 spiro atoms. The molecule has 5 nitrogen and oxygen atoms in total. The van der Waals surface area contributed by atoms with E-state index in [-0.39, 0.29) is 6.04 Å². The van der Waals surface area contributed by atoms with Gasteiger partial charge in [-0.1, -0.05) is 22.9 Å². The monoisotopic (exact) mass is 287 g/mol. The van der Waals surface area contributed by atoms with Crippen molar-refractivity contribution < 1.29 is 9.26 Å². The summed E-state index contributed by atoms with van der Waals surface area (Å²) in [6.45, 7) is 4.50. The van der Waals surface area contributed by atoms with E-state index in [1.54, 1.807) is 0 Å². The molecule has 1 N–H and O–H groups in total. The van der Waals surface area contributed by atoms with Crippen LogP contribution in [0.2, 0.25) is 0 Å². The van der Waals surface area contributed by atoms with Gasteiger partial charge in [-0.05, 0) is 39.8 Å². The molecule has 1 aromatic heterocycles. The maximum absolute atomic E-state index is 5.88. The molecule has 2 aromatic rings. The van der Waals surface area contributed by atoms with Gasteiger partial charge >= 0.3 is 0 Å². The van der Waals surface area contributed by atoms with Gasteiger partial charge in [-0.3, -0.25) is 0 Å². The number of hydrogen-bond donors (Lipinski definition) is 1. The van der Waals surface area contributed by atoms with E-state index in [2.05, 4.69) is 35.4 Å². The average Bonchev–Trinajstić information content (AvgIpc) is 3.24. The number of benzene rings is 1. The van der Waals surface area contributed by atoms with Crippen LogP contribution in [0.3, 0.4) is 0 Å². The van der Waals surface area contributed by atoms with Crippen LogP contribution in [-0.2, 0) is 6.61 Å². The number of aryl methyl sites for hydroxylation is 1. The Labute approximate surface area is 124 Å². The second-order valence-electron chi connectivity index (χ2n) is 5.66. The largest absolute Gasteiger partial charge is 0.483 e. The van der Waals surface area contributed by atoms with Gasteiger partial charge in [0.15, 0.2) is 12.4 Å². The highest BCUT2D eigenvalue weighted by Crippen LogP contribution is 2.38. The Morgan fingerprint density at radius 2 is 2.24 bits per heavy atom. The summed E-state index contributed by atoms with van der Waals surface area (Å²) < 4.78 is 11.1. The number of ether oxygens (including phenoxy) is 1. The third kappa shape index (κ3) is 3.24. The average molecular weight is 287 g/mol. The van der Waals surface area contributed by atoms with E-state index in [1.165, 1.54) is 18.4 Å². The summed E-state index contributed by atoms with van der Waals surface area (Å²) in [7, 11) is 1.94. The van der Waals surface area contributed by atoms with E-state index < -0.39 is 0 Å². The summed E-state index contributed by atoms with van der Waals surface area (Å²) in [5.74, 6) is 2.72. The van der Waals surface area contributed by atoms with Gasteiger partial charge in [0.05, 0.1) is 0 Å². The van der Waals surface area contributed by atoms with Crippen LogP contribution in [0.1, 0.15) is 54.6 Å². The van der Waals surface area contributed by atoms with Gasteiger partial charge in [0.1, 0.15) is 5.75 Å². The Hall–Kier alpha value is -1.88. The van der Waals surface area contributed by atoms with E-state index in [1.807, 2.05) is 19.2 Å². The van der Waals surface area contributed by atoms with Crippen molar-refractivity contribution in [1.29, 1.82) is 0 Å². The summed E-state index contributed by atoms with van der Waals surface area (Å²) in [5.41, 5.74) is 2.35. The molecule has 1 fully saturated rings. The minimum Gasteiger partial charge on any atom is -0.483 e. The summed E-state index contributed by atoms with van der Waals surface area (Å²) in [4.78, 5) is 4.38. The predicted molar refractivity (Wildman–Crippen MR) is 79.3 cm³/mol. The number of hydrogen-bond acceptors (Lipinski definition) is 5. The smallest absolute Gasteiger partial charge is 0.264 e. The van der Waals surface area contributed by atoms with Crippen molar-refractivity contribution in [3.05, 3.63) is 41.0 Å². The standard InChI is InChI=1S/C16H21N3O2/c1-10-4-7-14(13(8-10)11(2)17-3)20-9-15-18-16(19-21-15)12-5-6-12/h4,7-8,11-12,17H,5-6,9H2,1-3H3. The molecule has 112 valence electrons. The van der Waals surface area contributed by atoms with Crippen molar-refractivity contribution in [3.63, 3.8) is 0 Å². The van der Waals surface area contributed by atoms with Gasteiger partial charge in [0.25, 0.3) is 5.89 Å². The Balaban J connectivity index is 1.71. The minimum absolute atomic E-state index is 0.226. The molecular formula is C16H21N3O2. The van der Waals surface area contributed by atoms with Crippen LogP contribution in [-0.4, -0.2) is 17.2 Å². The van der Waals surface area contributed by atoms with Gasteiger partial charge in [-0.25, -0.2) is 0 Å². The summed E-state index contributed by atoms with van der Waals surface area (Å²) in [6, 6.07) is 6.41. The van der Waals surface area contributed by atoms with E-state index in [9.17, 15) is 0 Å². The number of rotatable bonds is 6. The van der Waals surface area contributed by atoms with E-state index in [0.717, 1.165) is 17.1 Å². The lowest BCUT2D eigenvalue weighted by atomic mass is 10.0. The summed E-state index contributed by atoms with van der Waals surface area (Å²) in [6.07, 6.45) is 2.34. The second-order valence-corrected chi connectivity index (χ2v) is 5.66. The highest BCUT2D eigenvalue weighted by Gasteiger charge is 2.28. The highest BCUT2D eigenvalue weighted by molar-refractivity contribution is 5.38. The normalized spacial score (nSPS) is 16.0. The molecule has 1 heterocycles. The Kier molecular flexibility index (Phi) is 3.92. The molecule has 21 heavy (non-hydrogen) atoms. The van der Waals surface area contributed by atoms with Gasteiger partial charge in [-0.2, -0.15) is 4.98 Å². The molecule has 1 aromatic carbocycles. The fraction of sp³-hybridized carbons (Fsp3) is 0.500. The van der Waals surface area contributed by atoms with Crippen LogP contribution in [0, 0.1) is 6.92 Å². The Morgan fingerprint density at radius 1 is 1.43 bits per heavy atom. The zero-order valence-corrected chi connectivity index (χ0v) is 12.7. The molecule has 0 amide bonds. The molecule has 0 radical (unpaired) electrons. The predicted octanol–water partition coefficient (Wildman–Crippen LogP) is 3.11. The van der Waals surface area contributed by atoms with Crippen LogP contribution in [0.4, 0.5) is 0 Å². The Bertz CT molecular complexity index is 620. The molecule has 1 aliphatic carbocycles.